The number of halogens is 4. The lowest BCUT2D eigenvalue weighted by atomic mass is 9.44. The van der Waals surface area contributed by atoms with Gasteiger partial charge in [-0.05, 0) is 143 Å². The highest BCUT2D eigenvalue weighted by Gasteiger charge is 2.63. The number of nitrogens with one attached hydrogen (secondary N) is 2. The molecule has 0 bridgehead atoms. The molecule has 0 aromatic heterocycles. The number of aliphatic hydroxyl groups excluding tert-OH is 1. The molecular formula is C29H57Cl3FN3O. The summed E-state index contributed by atoms with van der Waals surface area (Å²) in [5, 5.41) is 17.2. The van der Waals surface area contributed by atoms with Gasteiger partial charge in [-0.2, -0.15) is 0 Å². The highest BCUT2D eigenvalue weighted by atomic mass is 35.5. The molecular weight excluding hydrogens is 532 g/mol. The molecule has 5 N–H and O–H groups in total. The van der Waals surface area contributed by atoms with Gasteiger partial charge in [-0.1, -0.05) is 20.8 Å². The van der Waals surface area contributed by atoms with Crippen molar-refractivity contribution in [2.24, 2.45) is 52.1 Å². The summed E-state index contributed by atoms with van der Waals surface area (Å²) in [5.41, 5.74) is 6.10. The monoisotopic (exact) mass is 587 g/mol. The Morgan fingerprint density at radius 2 is 1.57 bits per heavy atom. The molecule has 37 heavy (non-hydrogen) atoms. The van der Waals surface area contributed by atoms with Crippen molar-refractivity contribution in [2.75, 3.05) is 32.8 Å². The van der Waals surface area contributed by atoms with Crippen molar-refractivity contribution >= 4 is 37.2 Å². The third-order valence-electron chi connectivity index (χ3n) is 11.5. The Balaban J connectivity index is 0.00000228. The predicted molar refractivity (Wildman–Crippen MR) is 161 cm³/mol. The molecule has 4 saturated carbocycles. The summed E-state index contributed by atoms with van der Waals surface area (Å²) in [6.45, 7) is 11.5. The average molecular weight is 589 g/mol. The van der Waals surface area contributed by atoms with Gasteiger partial charge < -0.3 is 21.5 Å². The fourth-order valence-electron chi connectivity index (χ4n) is 9.50. The molecule has 0 aromatic rings. The van der Waals surface area contributed by atoms with Crippen LogP contribution >= 0.6 is 37.2 Å². The fraction of sp³-hybridized carbons (Fsp3) is 1.00. The zero-order valence-corrected chi connectivity index (χ0v) is 26.0. The Bertz CT molecular complexity index is 664. The van der Waals surface area contributed by atoms with Crippen molar-refractivity contribution in [2.45, 2.75) is 104 Å². The molecule has 4 aliphatic rings. The minimum atomic E-state index is -0.632. The fourth-order valence-corrected chi connectivity index (χ4v) is 9.50. The molecule has 0 spiro atoms. The van der Waals surface area contributed by atoms with Gasteiger partial charge in [0.05, 0.1) is 0 Å². The van der Waals surface area contributed by atoms with Crippen molar-refractivity contribution in [3.8, 4) is 0 Å². The lowest BCUT2D eigenvalue weighted by molar-refractivity contribution is -0.149. The van der Waals surface area contributed by atoms with Crippen LogP contribution in [0.5, 0.6) is 0 Å². The quantitative estimate of drug-likeness (QED) is 0.218. The number of fused-ring (bicyclic) bond motifs is 5. The van der Waals surface area contributed by atoms with Crippen molar-refractivity contribution in [1.29, 1.82) is 0 Å². The molecule has 4 fully saturated rings. The van der Waals surface area contributed by atoms with Gasteiger partial charge in [0.2, 0.25) is 0 Å². The van der Waals surface area contributed by atoms with Crippen LogP contribution in [0.2, 0.25) is 0 Å². The van der Waals surface area contributed by atoms with Gasteiger partial charge in [0.1, 0.15) is 6.17 Å². The number of nitrogens with two attached hydrogens (primary N) is 1. The Morgan fingerprint density at radius 1 is 0.892 bits per heavy atom. The van der Waals surface area contributed by atoms with Crippen molar-refractivity contribution < 1.29 is 9.50 Å². The number of hydrogen-bond acceptors (Lipinski definition) is 4. The number of unbranched alkanes of at least 4 members (excludes halogenated alkanes) is 1. The maximum atomic E-state index is 16.0. The molecule has 0 aliphatic heterocycles. The zero-order chi connectivity index (χ0) is 24.3. The minimum absolute atomic E-state index is 0. The van der Waals surface area contributed by atoms with E-state index in [1.807, 2.05) is 0 Å². The molecule has 4 aliphatic carbocycles. The minimum Gasteiger partial charge on any atom is -0.396 e. The van der Waals surface area contributed by atoms with Gasteiger partial charge in [-0.3, -0.25) is 0 Å². The van der Waals surface area contributed by atoms with Gasteiger partial charge in [-0.25, -0.2) is 4.39 Å². The summed E-state index contributed by atoms with van der Waals surface area (Å²) in [6.07, 6.45) is 12.1. The van der Waals surface area contributed by atoms with E-state index < -0.39 is 6.17 Å². The maximum Gasteiger partial charge on any atom is 0.104 e. The predicted octanol–water partition coefficient (Wildman–Crippen LogP) is 6.16. The number of hydrogen-bond donors (Lipinski definition) is 4. The molecule has 0 heterocycles. The summed E-state index contributed by atoms with van der Waals surface area (Å²) >= 11 is 0. The van der Waals surface area contributed by atoms with Crippen molar-refractivity contribution in [3.05, 3.63) is 0 Å². The molecule has 4 rings (SSSR count). The Kier molecular flexibility index (Phi) is 15.0. The molecule has 0 unspecified atom stereocenters. The molecule has 0 radical (unpaired) electrons. The molecule has 4 nitrogen and oxygen atoms in total. The summed E-state index contributed by atoms with van der Waals surface area (Å²) in [4.78, 5) is 0. The normalized spacial score (nSPS) is 41.2. The van der Waals surface area contributed by atoms with E-state index >= 15 is 4.39 Å². The van der Waals surface area contributed by atoms with Gasteiger partial charge in [-0.15, -0.1) is 37.2 Å². The Morgan fingerprint density at radius 3 is 2.27 bits per heavy atom. The second-order valence-electron chi connectivity index (χ2n) is 13.2. The maximum absolute atomic E-state index is 16.0. The average Bonchev–Trinajstić information content (AvgIpc) is 3.18. The van der Waals surface area contributed by atoms with Gasteiger partial charge in [0.15, 0.2) is 0 Å². The first kappa shape index (κ1) is 35.7. The Labute approximate surface area is 245 Å². The third kappa shape index (κ3) is 7.29. The third-order valence-corrected chi connectivity index (χ3v) is 11.5. The molecule has 222 valence electrons. The lowest BCUT2D eigenvalue weighted by Gasteiger charge is -2.62. The number of rotatable bonds is 11. The van der Waals surface area contributed by atoms with Crippen LogP contribution in [-0.2, 0) is 0 Å². The van der Waals surface area contributed by atoms with Crippen LogP contribution in [0.15, 0.2) is 0 Å². The van der Waals surface area contributed by atoms with E-state index in [0.717, 1.165) is 51.9 Å². The lowest BCUT2D eigenvalue weighted by Crippen LogP contribution is -2.58. The van der Waals surface area contributed by atoms with Crippen LogP contribution in [0.25, 0.3) is 0 Å². The van der Waals surface area contributed by atoms with Gasteiger partial charge in [0.25, 0.3) is 0 Å². The molecule has 0 aromatic carbocycles. The number of aliphatic hydroxyl groups is 1. The smallest absolute Gasteiger partial charge is 0.104 e. The van der Waals surface area contributed by atoms with Crippen LogP contribution in [-0.4, -0.2) is 50.1 Å². The van der Waals surface area contributed by atoms with Gasteiger partial charge in [0, 0.05) is 12.6 Å². The van der Waals surface area contributed by atoms with Crippen molar-refractivity contribution in [1.82, 2.24) is 10.6 Å². The first-order valence-corrected chi connectivity index (χ1v) is 14.7. The van der Waals surface area contributed by atoms with Crippen LogP contribution in [0.1, 0.15) is 91.4 Å². The van der Waals surface area contributed by atoms with E-state index in [-0.39, 0.29) is 55.2 Å². The molecule has 0 amide bonds. The van der Waals surface area contributed by atoms with Crippen LogP contribution in [0.3, 0.4) is 0 Å². The van der Waals surface area contributed by atoms with Crippen LogP contribution < -0.4 is 16.4 Å². The van der Waals surface area contributed by atoms with Crippen LogP contribution in [0, 0.1) is 46.3 Å². The zero-order valence-electron chi connectivity index (χ0n) is 23.6. The van der Waals surface area contributed by atoms with E-state index in [1.165, 1.54) is 44.9 Å². The van der Waals surface area contributed by atoms with E-state index in [1.54, 1.807) is 0 Å². The molecule has 0 saturated heterocycles. The second kappa shape index (κ2) is 15.6. The van der Waals surface area contributed by atoms with E-state index in [0.29, 0.717) is 41.0 Å². The topological polar surface area (TPSA) is 70.3 Å². The SMILES string of the molecule is C[C@H](CO)[C@H]1CC[C@H]2[C@@H]3[C@H](F)C[C@H]4C[C@@H](NCCCNCCCCN)CC[C@]4(C)[C@H]3CC[C@]12C.Cl.Cl.Cl. The van der Waals surface area contributed by atoms with Crippen LogP contribution in [0.4, 0.5) is 4.39 Å². The number of alkyl halides is 1. The van der Waals surface area contributed by atoms with E-state index in [4.69, 9.17) is 5.73 Å². The van der Waals surface area contributed by atoms with Crippen molar-refractivity contribution in [3.63, 3.8) is 0 Å². The Hall–Kier alpha value is 0.640. The molecule has 10 atom stereocenters. The van der Waals surface area contributed by atoms with E-state index in [2.05, 4.69) is 31.4 Å². The summed E-state index contributed by atoms with van der Waals surface area (Å²) in [5.74, 6) is 2.77. The van der Waals surface area contributed by atoms with Gasteiger partial charge >= 0.3 is 0 Å². The highest BCUT2D eigenvalue weighted by molar-refractivity contribution is 5.86. The largest absolute Gasteiger partial charge is 0.396 e. The van der Waals surface area contributed by atoms with E-state index in [9.17, 15) is 5.11 Å². The summed E-state index contributed by atoms with van der Waals surface area (Å²) in [7, 11) is 0. The standard InChI is InChI=1S/C29H54FN3O.3ClH/c1-20(19-34)23-7-8-24-27-25(10-12-29(23,24)3)28(2)11-9-22(17-21(28)18-26(27)30)33-16-6-15-32-14-5-4-13-31;;;/h20-27,32-34H,4-19,31H2,1-3H3;3*1H/t20-,21-,22+,23-,24+,25+,26-,27+,28+,29-;;;/m1.../s1. The first-order chi connectivity index (χ1) is 16.3. The second-order valence-corrected chi connectivity index (χ2v) is 13.2. The highest BCUT2D eigenvalue weighted by Crippen LogP contribution is 2.68. The first-order valence-electron chi connectivity index (χ1n) is 14.7. The summed E-state index contributed by atoms with van der Waals surface area (Å²) in [6, 6.07) is 0.564. The summed E-state index contributed by atoms with van der Waals surface area (Å²) < 4.78 is 16.0. The molecule has 8 heteroatoms.